The number of unbranched alkanes of at least 4 members (excludes halogenated alkanes) is 5. The lowest BCUT2D eigenvalue weighted by Gasteiger charge is -2.39. The average molecular weight is 428 g/mol. The van der Waals surface area contributed by atoms with Crippen LogP contribution in [0.3, 0.4) is 0 Å². The van der Waals surface area contributed by atoms with Gasteiger partial charge in [-0.2, -0.15) is 0 Å². The molecule has 0 aliphatic heterocycles. The molecule has 0 fully saturated rings. The van der Waals surface area contributed by atoms with E-state index in [2.05, 4.69) is 19.1 Å². The molecule has 0 saturated heterocycles. The van der Waals surface area contributed by atoms with E-state index in [1.54, 1.807) is 0 Å². The molecule has 7 nitrogen and oxygen atoms in total. The molecular weight excluding hydrogens is 386 g/mol. The van der Waals surface area contributed by atoms with Gasteiger partial charge in [0.15, 0.2) is 0 Å². The monoisotopic (exact) mass is 427 g/mol. The highest BCUT2D eigenvalue weighted by Crippen LogP contribution is 2.17. The molecule has 7 heteroatoms. The topological polar surface area (TPSA) is 115 Å². The molecule has 0 aromatic carbocycles. The van der Waals surface area contributed by atoms with Crippen molar-refractivity contribution < 1.29 is 34.2 Å². The Labute approximate surface area is 181 Å². The van der Waals surface area contributed by atoms with Gasteiger partial charge < -0.3 is 24.6 Å². The summed E-state index contributed by atoms with van der Waals surface area (Å²) in [6, 6.07) is 0. The predicted molar refractivity (Wildman–Crippen MR) is 115 cm³/mol. The number of hydrogen-bond acceptors (Lipinski definition) is 4. The van der Waals surface area contributed by atoms with Crippen LogP contribution in [0, 0.1) is 0 Å². The van der Waals surface area contributed by atoms with Crippen molar-refractivity contribution >= 4 is 17.9 Å². The summed E-state index contributed by atoms with van der Waals surface area (Å²) < 4.78 is 0.582. The second kappa shape index (κ2) is 17.9. The summed E-state index contributed by atoms with van der Waals surface area (Å²) in [6.45, 7) is 4.85. The molecule has 0 atom stereocenters. The van der Waals surface area contributed by atoms with Gasteiger partial charge in [-0.05, 0) is 25.7 Å². The lowest BCUT2D eigenvalue weighted by atomic mass is 10.1. The molecule has 174 valence electrons. The van der Waals surface area contributed by atoms with Crippen LogP contribution in [0.5, 0.6) is 0 Å². The number of carbonyl (C=O) groups excluding carboxylic acids is 1. The van der Waals surface area contributed by atoms with E-state index in [1.165, 1.54) is 25.7 Å². The summed E-state index contributed by atoms with van der Waals surface area (Å²) in [5, 5.41) is 28.8. The minimum absolute atomic E-state index is 0.0322. The number of nitrogens with zero attached hydrogens (tertiary/aromatic N) is 1. The van der Waals surface area contributed by atoms with Crippen LogP contribution in [-0.2, 0) is 14.4 Å². The number of quaternary nitrogens is 1. The van der Waals surface area contributed by atoms with Crippen LogP contribution in [0.2, 0.25) is 0 Å². The van der Waals surface area contributed by atoms with E-state index in [1.807, 2.05) is 0 Å². The summed E-state index contributed by atoms with van der Waals surface area (Å²) in [4.78, 5) is 32.7. The second-order valence-electron chi connectivity index (χ2n) is 8.17. The average Bonchev–Trinajstić information content (AvgIpc) is 2.65. The van der Waals surface area contributed by atoms with Crippen LogP contribution in [0.25, 0.3) is 0 Å². The fraction of sp³-hybridized carbons (Fsp3) is 0.783. The first-order valence-electron chi connectivity index (χ1n) is 11.4. The molecular formula is C23H41NO6. The molecule has 0 bridgehead atoms. The Morgan fingerprint density at radius 1 is 0.700 bits per heavy atom. The first-order valence-corrected chi connectivity index (χ1v) is 11.4. The number of aliphatic carboxylic acids is 3. The Bertz CT molecular complexity index is 468. The van der Waals surface area contributed by atoms with Gasteiger partial charge in [-0.1, -0.05) is 38.3 Å². The van der Waals surface area contributed by atoms with E-state index in [9.17, 15) is 19.5 Å². The number of carboxylic acid groups (broad SMARTS) is 3. The Kier molecular flexibility index (Phi) is 16.8. The molecule has 0 aliphatic carbocycles. The fourth-order valence-corrected chi connectivity index (χ4v) is 3.83. The van der Waals surface area contributed by atoms with Gasteiger partial charge in [-0.3, -0.25) is 9.59 Å². The summed E-state index contributed by atoms with van der Waals surface area (Å²) in [7, 11) is 0. The number of allylic oxidation sites excluding steroid dienone is 2. The SMILES string of the molecule is CCCCCC/C=C/CCC[N+](CCCC(=O)[O-])(CCCC(=O)O)CCCC(=O)O. The van der Waals surface area contributed by atoms with Gasteiger partial charge >= 0.3 is 11.9 Å². The zero-order chi connectivity index (χ0) is 22.7. The van der Waals surface area contributed by atoms with Crippen molar-refractivity contribution in [2.45, 2.75) is 90.4 Å². The maximum absolute atomic E-state index is 10.9. The van der Waals surface area contributed by atoms with Gasteiger partial charge in [-0.15, -0.1) is 0 Å². The zero-order valence-electron chi connectivity index (χ0n) is 18.7. The van der Waals surface area contributed by atoms with E-state index in [-0.39, 0.29) is 19.3 Å². The minimum Gasteiger partial charge on any atom is -0.550 e. The third-order valence-electron chi connectivity index (χ3n) is 5.45. The second-order valence-corrected chi connectivity index (χ2v) is 8.17. The van der Waals surface area contributed by atoms with Crippen LogP contribution in [0.4, 0.5) is 0 Å². The van der Waals surface area contributed by atoms with E-state index < -0.39 is 17.9 Å². The maximum atomic E-state index is 10.9. The summed E-state index contributed by atoms with van der Waals surface area (Å²) in [5.41, 5.74) is 0. The molecule has 0 amide bonds. The van der Waals surface area contributed by atoms with Gasteiger partial charge in [0.1, 0.15) is 0 Å². The van der Waals surface area contributed by atoms with Crippen molar-refractivity contribution in [3.05, 3.63) is 12.2 Å². The Morgan fingerprint density at radius 3 is 1.63 bits per heavy atom. The smallest absolute Gasteiger partial charge is 0.303 e. The zero-order valence-corrected chi connectivity index (χ0v) is 18.7. The van der Waals surface area contributed by atoms with Crippen LogP contribution >= 0.6 is 0 Å². The number of carboxylic acids is 3. The van der Waals surface area contributed by atoms with E-state index in [4.69, 9.17) is 10.2 Å². The highest BCUT2D eigenvalue weighted by molar-refractivity contribution is 5.66. The number of rotatable bonds is 21. The molecule has 0 spiro atoms. The van der Waals surface area contributed by atoms with Crippen LogP contribution < -0.4 is 5.11 Å². The highest BCUT2D eigenvalue weighted by Gasteiger charge is 2.26. The number of hydrogen-bond donors (Lipinski definition) is 2. The highest BCUT2D eigenvalue weighted by atomic mass is 16.4. The van der Waals surface area contributed by atoms with Gasteiger partial charge in [-0.25, -0.2) is 0 Å². The largest absolute Gasteiger partial charge is 0.550 e. The lowest BCUT2D eigenvalue weighted by Crippen LogP contribution is -2.51. The fourth-order valence-electron chi connectivity index (χ4n) is 3.83. The van der Waals surface area contributed by atoms with E-state index in [0.717, 1.165) is 25.8 Å². The number of carbonyl (C=O) groups is 3. The molecule has 0 aliphatic rings. The van der Waals surface area contributed by atoms with E-state index in [0.29, 0.717) is 43.4 Å². The quantitative estimate of drug-likeness (QED) is 0.165. The third-order valence-corrected chi connectivity index (χ3v) is 5.45. The molecule has 2 N–H and O–H groups in total. The minimum atomic E-state index is -1.09. The first kappa shape index (κ1) is 28.1. The maximum Gasteiger partial charge on any atom is 0.303 e. The van der Waals surface area contributed by atoms with Crippen LogP contribution in [-0.4, -0.2) is 58.8 Å². The third kappa shape index (κ3) is 17.0. The first-order chi connectivity index (χ1) is 14.3. The van der Waals surface area contributed by atoms with Crippen LogP contribution in [0.15, 0.2) is 12.2 Å². The van der Waals surface area contributed by atoms with Gasteiger partial charge in [0.05, 0.1) is 39.0 Å². The Hall–Kier alpha value is -1.89. The summed E-state index contributed by atoms with van der Waals surface area (Å²) in [6.07, 6.45) is 13.8. The Balaban J connectivity index is 4.79. The van der Waals surface area contributed by atoms with Crippen molar-refractivity contribution in [1.29, 1.82) is 0 Å². The Morgan fingerprint density at radius 2 is 1.17 bits per heavy atom. The van der Waals surface area contributed by atoms with Gasteiger partial charge in [0.2, 0.25) is 0 Å². The standard InChI is InChI=1S/C23H41NO6/c1-2-3-4-5-6-7-8-9-10-17-24(18-11-14-21(25)26,19-12-15-22(27)28)20-13-16-23(29)30/h7-8H,2-6,9-20H2,1H3,(H2-,25,26,27,28,29,30)/b8-7+. The molecule has 0 radical (unpaired) electrons. The molecule has 0 aromatic rings. The molecule has 0 unspecified atom stereocenters. The predicted octanol–water partition coefficient (Wildman–Crippen LogP) is 3.37. The summed E-state index contributed by atoms with van der Waals surface area (Å²) >= 11 is 0. The van der Waals surface area contributed by atoms with Crippen LogP contribution in [0.1, 0.15) is 90.4 Å². The normalized spacial score (nSPS) is 11.8. The molecule has 0 heterocycles. The summed E-state index contributed by atoms with van der Waals surface area (Å²) in [5.74, 6) is -2.78. The van der Waals surface area contributed by atoms with Crippen molar-refractivity contribution in [3.8, 4) is 0 Å². The van der Waals surface area contributed by atoms with Crippen molar-refractivity contribution in [3.63, 3.8) is 0 Å². The van der Waals surface area contributed by atoms with Crippen molar-refractivity contribution in [2.24, 2.45) is 0 Å². The van der Waals surface area contributed by atoms with Crippen molar-refractivity contribution in [1.82, 2.24) is 0 Å². The molecule has 30 heavy (non-hydrogen) atoms. The molecule has 0 rings (SSSR count). The lowest BCUT2D eigenvalue weighted by molar-refractivity contribution is -0.928. The molecule has 0 saturated carbocycles. The van der Waals surface area contributed by atoms with Gasteiger partial charge in [0.25, 0.3) is 0 Å². The van der Waals surface area contributed by atoms with E-state index >= 15 is 0 Å². The molecule has 0 aromatic heterocycles. The van der Waals surface area contributed by atoms with Gasteiger partial charge in [0, 0.05) is 31.7 Å². The van der Waals surface area contributed by atoms with Crippen molar-refractivity contribution in [2.75, 3.05) is 26.2 Å².